The number of pyridine rings is 2. The Bertz CT molecular complexity index is 665. The maximum atomic E-state index is 5.54. The van der Waals surface area contributed by atoms with Crippen molar-refractivity contribution in [3.8, 4) is 5.88 Å². The maximum Gasteiger partial charge on any atom is 0.213 e. The van der Waals surface area contributed by atoms with Crippen LogP contribution in [-0.2, 0) is 0 Å². The highest BCUT2D eigenvalue weighted by atomic mass is 35.5. The molecular weight excluding hydrogens is 250 g/mol. The maximum absolute atomic E-state index is 5.54. The van der Waals surface area contributed by atoms with Crippen LogP contribution in [0.4, 0.5) is 0 Å². The summed E-state index contributed by atoms with van der Waals surface area (Å²) in [6, 6.07) is 3.97. The molecule has 0 aliphatic heterocycles. The summed E-state index contributed by atoms with van der Waals surface area (Å²) in [5, 5.41) is 2.28. The minimum Gasteiger partial charge on any atom is -0.478 e. The molecular formula is C13H14ClN3O. The monoisotopic (exact) mass is 263 g/mol. The van der Waals surface area contributed by atoms with Crippen LogP contribution in [0.15, 0.2) is 30.7 Å². The molecule has 94 valence electrons. The summed E-state index contributed by atoms with van der Waals surface area (Å²) in [5.41, 5.74) is 2.04. The molecule has 0 spiro atoms. The van der Waals surface area contributed by atoms with Crippen LogP contribution in [0.2, 0.25) is 0 Å². The summed E-state index contributed by atoms with van der Waals surface area (Å²) in [6.45, 7) is 2.78. The van der Waals surface area contributed by atoms with Gasteiger partial charge in [-0.2, -0.15) is 0 Å². The van der Waals surface area contributed by atoms with Gasteiger partial charge in [-0.05, 0) is 12.5 Å². The fourth-order valence-corrected chi connectivity index (χ4v) is 1.92. The van der Waals surface area contributed by atoms with E-state index < -0.39 is 0 Å². The van der Waals surface area contributed by atoms with E-state index >= 15 is 0 Å². The van der Waals surface area contributed by atoms with E-state index in [9.17, 15) is 0 Å². The molecule has 3 rings (SSSR count). The highest BCUT2D eigenvalue weighted by Gasteiger charge is 2.05. The van der Waals surface area contributed by atoms with Gasteiger partial charge < -0.3 is 9.72 Å². The van der Waals surface area contributed by atoms with Gasteiger partial charge in [0.15, 0.2) is 0 Å². The minimum absolute atomic E-state index is 0. The summed E-state index contributed by atoms with van der Waals surface area (Å²) in [7, 11) is 0. The van der Waals surface area contributed by atoms with Crippen molar-refractivity contribution in [2.75, 3.05) is 6.61 Å². The number of H-pyrrole nitrogens is 1. The first kappa shape index (κ1) is 12.6. The molecule has 0 aliphatic rings. The van der Waals surface area contributed by atoms with Crippen LogP contribution in [0.25, 0.3) is 21.8 Å². The fourth-order valence-electron chi connectivity index (χ4n) is 1.92. The number of nitrogens with zero attached hydrogens (tertiary/aromatic N) is 2. The van der Waals surface area contributed by atoms with E-state index in [4.69, 9.17) is 4.74 Å². The smallest absolute Gasteiger partial charge is 0.213 e. The second-order valence-electron chi connectivity index (χ2n) is 3.96. The number of hydrogen-bond acceptors (Lipinski definition) is 3. The first-order valence-corrected chi connectivity index (χ1v) is 5.72. The van der Waals surface area contributed by atoms with Crippen LogP contribution >= 0.6 is 12.4 Å². The Morgan fingerprint density at radius 2 is 2.06 bits per heavy atom. The van der Waals surface area contributed by atoms with Crippen molar-refractivity contribution in [2.45, 2.75) is 13.3 Å². The van der Waals surface area contributed by atoms with Crippen LogP contribution < -0.4 is 4.74 Å². The molecule has 0 fully saturated rings. The SMILES string of the molecule is CCCOc1cc2c(cn1)[nH]c1cnccc12.Cl. The molecule has 5 heteroatoms. The zero-order valence-electron chi connectivity index (χ0n) is 10.0. The van der Waals surface area contributed by atoms with Gasteiger partial charge in [-0.15, -0.1) is 12.4 Å². The second-order valence-corrected chi connectivity index (χ2v) is 3.96. The molecule has 3 aromatic rings. The first-order chi connectivity index (χ1) is 8.38. The molecule has 0 bridgehead atoms. The van der Waals surface area contributed by atoms with Crippen LogP contribution in [0.5, 0.6) is 5.88 Å². The summed E-state index contributed by atoms with van der Waals surface area (Å²) in [6.07, 6.45) is 6.41. The van der Waals surface area contributed by atoms with E-state index in [2.05, 4.69) is 21.9 Å². The number of halogens is 1. The lowest BCUT2D eigenvalue weighted by atomic mass is 10.2. The molecule has 0 unspecified atom stereocenters. The third-order valence-electron chi connectivity index (χ3n) is 2.71. The number of aromatic amines is 1. The Morgan fingerprint density at radius 3 is 2.89 bits per heavy atom. The number of hydrogen-bond donors (Lipinski definition) is 1. The van der Waals surface area contributed by atoms with Crippen molar-refractivity contribution in [1.82, 2.24) is 15.0 Å². The number of rotatable bonds is 3. The molecule has 18 heavy (non-hydrogen) atoms. The van der Waals surface area contributed by atoms with E-state index in [0.717, 1.165) is 28.2 Å². The lowest BCUT2D eigenvalue weighted by Gasteiger charge is -2.02. The normalized spacial score (nSPS) is 10.5. The minimum atomic E-state index is 0. The zero-order chi connectivity index (χ0) is 11.7. The average Bonchev–Trinajstić information content (AvgIpc) is 2.74. The van der Waals surface area contributed by atoms with E-state index in [1.807, 2.05) is 18.3 Å². The molecule has 0 aliphatic carbocycles. The molecule has 3 aromatic heterocycles. The van der Waals surface area contributed by atoms with Crippen molar-refractivity contribution >= 4 is 34.2 Å². The van der Waals surface area contributed by atoms with Gasteiger partial charge in [0.05, 0.1) is 30.0 Å². The van der Waals surface area contributed by atoms with Crippen LogP contribution in [0.3, 0.4) is 0 Å². The van der Waals surface area contributed by atoms with Gasteiger partial charge in [0.1, 0.15) is 0 Å². The number of aromatic nitrogens is 3. The number of nitrogens with one attached hydrogen (secondary N) is 1. The summed E-state index contributed by atoms with van der Waals surface area (Å²) in [4.78, 5) is 11.6. The molecule has 0 aromatic carbocycles. The zero-order valence-corrected chi connectivity index (χ0v) is 10.8. The standard InChI is InChI=1S/C13H13N3O.ClH/c1-2-5-17-13-6-10-9-3-4-14-7-11(9)16-12(10)8-15-13;/h3-4,6-8,16H,2,5H2,1H3;1H. The van der Waals surface area contributed by atoms with Gasteiger partial charge in [0, 0.05) is 23.0 Å². The van der Waals surface area contributed by atoms with Crippen LogP contribution in [-0.4, -0.2) is 21.6 Å². The topological polar surface area (TPSA) is 50.8 Å². The molecule has 0 radical (unpaired) electrons. The Labute approximate surface area is 111 Å². The molecule has 1 N–H and O–H groups in total. The lowest BCUT2D eigenvalue weighted by Crippen LogP contribution is -1.96. The molecule has 0 saturated heterocycles. The van der Waals surface area contributed by atoms with Gasteiger partial charge in [0.2, 0.25) is 5.88 Å². The van der Waals surface area contributed by atoms with Gasteiger partial charge in [0.25, 0.3) is 0 Å². The number of fused-ring (bicyclic) bond motifs is 3. The second kappa shape index (κ2) is 5.23. The predicted octanol–water partition coefficient (Wildman–Crippen LogP) is 3.32. The molecule has 3 heterocycles. The van der Waals surface area contributed by atoms with Crippen molar-refractivity contribution < 1.29 is 4.74 Å². The Morgan fingerprint density at radius 1 is 1.22 bits per heavy atom. The van der Waals surface area contributed by atoms with E-state index in [0.29, 0.717) is 12.5 Å². The largest absolute Gasteiger partial charge is 0.478 e. The van der Waals surface area contributed by atoms with Crippen molar-refractivity contribution in [3.05, 3.63) is 30.7 Å². The summed E-state index contributed by atoms with van der Waals surface area (Å²) < 4.78 is 5.54. The quantitative estimate of drug-likeness (QED) is 0.789. The third kappa shape index (κ3) is 2.11. The fraction of sp³-hybridized carbons (Fsp3) is 0.231. The summed E-state index contributed by atoms with van der Waals surface area (Å²) in [5.74, 6) is 0.678. The Kier molecular flexibility index (Phi) is 3.67. The van der Waals surface area contributed by atoms with E-state index in [-0.39, 0.29) is 12.4 Å². The van der Waals surface area contributed by atoms with Crippen molar-refractivity contribution in [1.29, 1.82) is 0 Å². The third-order valence-corrected chi connectivity index (χ3v) is 2.71. The average molecular weight is 264 g/mol. The highest BCUT2D eigenvalue weighted by Crippen LogP contribution is 2.26. The number of ether oxygens (including phenoxy) is 1. The van der Waals surface area contributed by atoms with Crippen molar-refractivity contribution in [3.63, 3.8) is 0 Å². The van der Waals surface area contributed by atoms with Gasteiger partial charge in [-0.1, -0.05) is 6.92 Å². The molecule has 0 atom stereocenters. The summed E-state index contributed by atoms with van der Waals surface area (Å²) >= 11 is 0. The van der Waals surface area contributed by atoms with E-state index in [1.165, 1.54) is 0 Å². The predicted molar refractivity (Wildman–Crippen MR) is 74.4 cm³/mol. The van der Waals surface area contributed by atoms with E-state index in [1.54, 1.807) is 12.4 Å². The molecule has 4 nitrogen and oxygen atoms in total. The van der Waals surface area contributed by atoms with Crippen LogP contribution in [0.1, 0.15) is 13.3 Å². The lowest BCUT2D eigenvalue weighted by molar-refractivity contribution is 0.306. The van der Waals surface area contributed by atoms with Crippen LogP contribution in [0, 0.1) is 0 Å². The van der Waals surface area contributed by atoms with Gasteiger partial charge in [-0.3, -0.25) is 4.98 Å². The van der Waals surface area contributed by atoms with Gasteiger partial charge in [-0.25, -0.2) is 4.98 Å². The molecule has 0 saturated carbocycles. The highest BCUT2D eigenvalue weighted by molar-refractivity contribution is 6.06. The first-order valence-electron chi connectivity index (χ1n) is 5.72. The Balaban J connectivity index is 0.00000120. The molecule has 0 amide bonds. The van der Waals surface area contributed by atoms with Crippen molar-refractivity contribution in [2.24, 2.45) is 0 Å². The Hall–Kier alpha value is -1.81. The van der Waals surface area contributed by atoms with Gasteiger partial charge >= 0.3 is 0 Å².